The fourth-order valence-electron chi connectivity index (χ4n) is 4.39. The van der Waals surface area contributed by atoms with Crippen LogP contribution in [0, 0.1) is 6.92 Å². The predicted molar refractivity (Wildman–Crippen MR) is 129 cm³/mol. The number of nitrogens with zero attached hydrogens (tertiary/aromatic N) is 1. The topological polar surface area (TPSA) is 67.9 Å². The van der Waals surface area contributed by atoms with Gasteiger partial charge in [0.1, 0.15) is 0 Å². The van der Waals surface area contributed by atoms with E-state index < -0.39 is 10.0 Å². The molecule has 1 aliphatic rings. The highest BCUT2D eigenvalue weighted by molar-refractivity contribution is 7.89. The van der Waals surface area contributed by atoms with Gasteiger partial charge in [0.2, 0.25) is 10.0 Å². The van der Waals surface area contributed by atoms with Crippen molar-refractivity contribution in [3.05, 3.63) is 89.0 Å². The first-order valence-corrected chi connectivity index (χ1v) is 12.5. The summed E-state index contributed by atoms with van der Waals surface area (Å²) in [6.07, 6.45) is 0.851. The Bertz CT molecular complexity index is 1210. The van der Waals surface area contributed by atoms with Gasteiger partial charge in [-0.15, -0.1) is 0 Å². The van der Waals surface area contributed by atoms with Crippen LogP contribution in [-0.4, -0.2) is 40.6 Å². The van der Waals surface area contributed by atoms with Gasteiger partial charge >= 0.3 is 0 Å². The number of rotatable bonds is 8. The molecular formula is C26H30N2O4S. The van der Waals surface area contributed by atoms with E-state index in [1.165, 1.54) is 11.1 Å². The summed E-state index contributed by atoms with van der Waals surface area (Å²) in [4.78, 5) is 2.60. The minimum atomic E-state index is -3.63. The summed E-state index contributed by atoms with van der Waals surface area (Å²) in [5.74, 6) is 1.33. The average Bonchev–Trinajstić information content (AvgIpc) is 2.84. The van der Waals surface area contributed by atoms with Crippen LogP contribution >= 0.6 is 0 Å². The third kappa shape index (κ3) is 5.05. The zero-order valence-corrected chi connectivity index (χ0v) is 20.1. The van der Waals surface area contributed by atoms with Gasteiger partial charge in [-0.25, -0.2) is 13.1 Å². The van der Waals surface area contributed by atoms with Crippen molar-refractivity contribution in [2.75, 3.05) is 27.3 Å². The van der Waals surface area contributed by atoms with E-state index in [-0.39, 0.29) is 17.5 Å². The van der Waals surface area contributed by atoms with Crippen LogP contribution in [0.5, 0.6) is 11.5 Å². The molecule has 0 spiro atoms. The van der Waals surface area contributed by atoms with Crippen molar-refractivity contribution in [2.24, 2.45) is 0 Å². The van der Waals surface area contributed by atoms with E-state index in [9.17, 15) is 8.42 Å². The second kappa shape index (κ2) is 9.95. The van der Waals surface area contributed by atoms with Crippen LogP contribution in [0.4, 0.5) is 0 Å². The lowest BCUT2D eigenvalue weighted by atomic mass is 9.91. The number of methoxy groups -OCH3 is 2. The van der Waals surface area contributed by atoms with Gasteiger partial charge in [-0.3, -0.25) is 4.90 Å². The molecule has 1 heterocycles. The number of ether oxygens (including phenoxy) is 2. The number of benzene rings is 3. The molecular weight excluding hydrogens is 436 g/mol. The Balaban J connectivity index is 1.68. The minimum Gasteiger partial charge on any atom is -0.493 e. The molecule has 174 valence electrons. The van der Waals surface area contributed by atoms with Crippen molar-refractivity contribution in [2.45, 2.75) is 30.8 Å². The third-order valence-electron chi connectivity index (χ3n) is 6.27. The van der Waals surface area contributed by atoms with Gasteiger partial charge in [0.25, 0.3) is 0 Å². The monoisotopic (exact) mass is 466 g/mol. The largest absolute Gasteiger partial charge is 0.493 e. The number of nitrogens with one attached hydrogen (secondary N) is 1. The molecule has 6 nitrogen and oxygen atoms in total. The summed E-state index contributed by atoms with van der Waals surface area (Å²) >= 11 is 0. The van der Waals surface area contributed by atoms with Crippen LogP contribution < -0.4 is 14.2 Å². The molecule has 0 amide bonds. The van der Waals surface area contributed by atoms with E-state index in [0.717, 1.165) is 30.6 Å². The van der Waals surface area contributed by atoms with Gasteiger partial charge in [0, 0.05) is 25.7 Å². The van der Waals surface area contributed by atoms with E-state index >= 15 is 0 Å². The maximum atomic E-state index is 13.0. The molecule has 4 rings (SSSR count). The maximum Gasteiger partial charge on any atom is 0.240 e. The van der Waals surface area contributed by atoms with Crippen LogP contribution in [-0.2, 0) is 23.0 Å². The van der Waals surface area contributed by atoms with E-state index in [1.54, 1.807) is 44.6 Å². The van der Waals surface area contributed by atoms with E-state index in [0.29, 0.717) is 11.5 Å². The van der Waals surface area contributed by atoms with E-state index in [4.69, 9.17) is 9.47 Å². The summed E-state index contributed by atoms with van der Waals surface area (Å²) in [5.41, 5.74) is 4.66. The van der Waals surface area contributed by atoms with Gasteiger partial charge in [-0.2, -0.15) is 0 Å². The lowest BCUT2D eigenvalue weighted by molar-refractivity contribution is 0.176. The van der Waals surface area contributed by atoms with Gasteiger partial charge in [-0.1, -0.05) is 42.5 Å². The quantitative estimate of drug-likeness (QED) is 0.542. The molecule has 0 aliphatic carbocycles. The second-order valence-corrected chi connectivity index (χ2v) is 10.0. The van der Waals surface area contributed by atoms with Crippen LogP contribution in [0.2, 0.25) is 0 Å². The molecule has 1 atom stereocenters. The Labute approximate surface area is 196 Å². The zero-order chi connectivity index (χ0) is 23.4. The molecule has 0 fully saturated rings. The molecule has 33 heavy (non-hydrogen) atoms. The standard InChI is InChI=1S/C26H30N2O4S/c1-19-9-7-8-10-21(19)18-28-14-13-20-15-25(31-2)26(32-3)16-23(20)24(28)17-27-33(29,30)22-11-5-4-6-12-22/h4-12,15-16,24,27H,13-14,17-18H2,1-3H3/t24-/m1/s1. The van der Waals surface area contributed by atoms with Gasteiger partial charge in [-0.05, 0) is 59.9 Å². The van der Waals surface area contributed by atoms with Gasteiger partial charge in [0.15, 0.2) is 11.5 Å². The molecule has 0 saturated carbocycles. The molecule has 3 aromatic rings. The minimum absolute atomic E-state index is 0.147. The first-order chi connectivity index (χ1) is 15.9. The Morgan fingerprint density at radius 3 is 2.33 bits per heavy atom. The van der Waals surface area contributed by atoms with E-state index in [1.807, 2.05) is 24.3 Å². The number of sulfonamides is 1. The van der Waals surface area contributed by atoms with Crippen molar-refractivity contribution in [3.8, 4) is 11.5 Å². The number of hydrogen-bond donors (Lipinski definition) is 1. The lowest BCUT2D eigenvalue weighted by Crippen LogP contribution is -2.41. The summed E-state index contributed by atoms with van der Waals surface area (Å²) in [7, 11) is -0.383. The highest BCUT2D eigenvalue weighted by Gasteiger charge is 2.30. The third-order valence-corrected chi connectivity index (χ3v) is 7.71. The molecule has 1 aliphatic heterocycles. The van der Waals surface area contributed by atoms with Crippen LogP contribution in [0.15, 0.2) is 71.6 Å². The summed E-state index contributed by atoms with van der Waals surface area (Å²) < 4.78 is 39.8. The Hall–Kier alpha value is -2.87. The fourth-order valence-corrected chi connectivity index (χ4v) is 5.45. The first kappa shape index (κ1) is 23.3. The molecule has 3 aromatic carbocycles. The second-order valence-electron chi connectivity index (χ2n) is 8.23. The molecule has 0 saturated heterocycles. The summed E-state index contributed by atoms with van der Waals surface area (Å²) in [6, 6.07) is 20.6. The first-order valence-electron chi connectivity index (χ1n) is 11.0. The van der Waals surface area contributed by atoms with Crippen LogP contribution in [0.3, 0.4) is 0 Å². The summed E-state index contributed by atoms with van der Waals surface area (Å²) in [5, 5.41) is 0. The Morgan fingerprint density at radius 2 is 1.64 bits per heavy atom. The van der Waals surface area contributed by atoms with Crippen LogP contribution in [0.1, 0.15) is 28.3 Å². The Kier molecular flexibility index (Phi) is 7.02. The van der Waals surface area contributed by atoms with Crippen molar-refractivity contribution >= 4 is 10.0 Å². The van der Waals surface area contributed by atoms with Gasteiger partial charge in [0.05, 0.1) is 19.1 Å². The van der Waals surface area contributed by atoms with E-state index in [2.05, 4.69) is 28.7 Å². The number of fused-ring (bicyclic) bond motifs is 1. The highest BCUT2D eigenvalue weighted by atomic mass is 32.2. The molecule has 1 N–H and O–H groups in total. The summed E-state index contributed by atoms with van der Waals surface area (Å²) in [6.45, 7) is 3.91. The molecule has 0 radical (unpaired) electrons. The normalized spacial score (nSPS) is 16.3. The lowest BCUT2D eigenvalue weighted by Gasteiger charge is -2.38. The molecule has 0 bridgehead atoms. The fraction of sp³-hybridized carbons (Fsp3) is 0.308. The zero-order valence-electron chi connectivity index (χ0n) is 19.2. The van der Waals surface area contributed by atoms with Gasteiger partial charge < -0.3 is 9.47 Å². The highest BCUT2D eigenvalue weighted by Crippen LogP contribution is 2.38. The maximum absolute atomic E-state index is 13.0. The number of aryl methyl sites for hydroxylation is 1. The van der Waals surface area contributed by atoms with Crippen LogP contribution in [0.25, 0.3) is 0 Å². The number of hydrogen-bond acceptors (Lipinski definition) is 5. The molecule has 0 unspecified atom stereocenters. The average molecular weight is 467 g/mol. The Morgan fingerprint density at radius 1 is 0.970 bits per heavy atom. The molecule has 0 aromatic heterocycles. The predicted octanol–water partition coefficient (Wildman–Crippen LogP) is 4.09. The van der Waals surface area contributed by atoms with Crippen molar-refractivity contribution in [1.82, 2.24) is 9.62 Å². The SMILES string of the molecule is COc1cc2c(cc1OC)[C@@H](CNS(=O)(=O)c1ccccc1)N(Cc1ccccc1C)CC2. The van der Waals surface area contributed by atoms with Crippen molar-refractivity contribution < 1.29 is 17.9 Å². The molecule has 7 heteroatoms. The smallest absolute Gasteiger partial charge is 0.240 e. The van der Waals surface area contributed by atoms with Crippen molar-refractivity contribution in [1.29, 1.82) is 0 Å². The van der Waals surface area contributed by atoms with Crippen molar-refractivity contribution in [3.63, 3.8) is 0 Å².